The van der Waals surface area contributed by atoms with Crippen molar-refractivity contribution in [3.05, 3.63) is 0 Å². The number of hydrogen-bond donors (Lipinski definition) is 1. The van der Waals surface area contributed by atoms with Crippen LogP contribution in [-0.2, 0) is 9.53 Å². The summed E-state index contributed by atoms with van der Waals surface area (Å²) in [6, 6.07) is 0. The third-order valence-corrected chi connectivity index (χ3v) is 4.78. The molecule has 1 aliphatic carbocycles. The highest BCUT2D eigenvalue weighted by atomic mass is 16.5. The van der Waals surface area contributed by atoms with Gasteiger partial charge in [0.15, 0.2) is 0 Å². The van der Waals surface area contributed by atoms with E-state index in [-0.39, 0.29) is 17.0 Å². The van der Waals surface area contributed by atoms with E-state index in [2.05, 4.69) is 19.2 Å². The SMILES string of the molecule is CNC1(CC(=O)N2CCOCC2(C)C)CCCCC1. The van der Waals surface area contributed by atoms with Gasteiger partial charge < -0.3 is 15.0 Å². The molecule has 1 N–H and O–H groups in total. The van der Waals surface area contributed by atoms with Gasteiger partial charge in [-0.2, -0.15) is 0 Å². The summed E-state index contributed by atoms with van der Waals surface area (Å²) in [6.45, 7) is 6.23. The van der Waals surface area contributed by atoms with Gasteiger partial charge in [0.25, 0.3) is 0 Å². The minimum absolute atomic E-state index is 0.0315. The number of rotatable bonds is 3. The van der Waals surface area contributed by atoms with Crippen LogP contribution in [0.5, 0.6) is 0 Å². The Kier molecular flexibility index (Phi) is 4.51. The second-order valence-electron chi connectivity index (χ2n) is 6.68. The third kappa shape index (κ3) is 3.29. The normalized spacial score (nSPS) is 26.2. The van der Waals surface area contributed by atoms with Crippen LogP contribution >= 0.6 is 0 Å². The molecule has 0 bridgehead atoms. The average molecular weight is 268 g/mol. The first-order valence-electron chi connectivity index (χ1n) is 7.56. The quantitative estimate of drug-likeness (QED) is 0.850. The van der Waals surface area contributed by atoms with Crippen molar-refractivity contribution in [1.29, 1.82) is 0 Å². The predicted molar refractivity (Wildman–Crippen MR) is 76.1 cm³/mol. The maximum Gasteiger partial charge on any atom is 0.225 e. The number of hydrogen-bond acceptors (Lipinski definition) is 3. The highest BCUT2D eigenvalue weighted by Crippen LogP contribution is 2.32. The van der Waals surface area contributed by atoms with Gasteiger partial charge in [0.1, 0.15) is 0 Å². The smallest absolute Gasteiger partial charge is 0.225 e. The predicted octanol–water partition coefficient (Wildman–Crippen LogP) is 1.94. The Balaban J connectivity index is 2.02. The Bertz CT molecular complexity index is 322. The van der Waals surface area contributed by atoms with Gasteiger partial charge in [-0.25, -0.2) is 0 Å². The maximum atomic E-state index is 12.7. The van der Waals surface area contributed by atoms with Gasteiger partial charge in [0.05, 0.1) is 18.8 Å². The molecule has 1 heterocycles. The zero-order valence-electron chi connectivity index (χ0n) is 12.6. The Hall–Kier alpha value is -0.610. The zero-order valence-corrected chi connectivity index (χ0v) is 12.6. The van der Waals surface area contributed by atoms with Crippen LogP contribution in [0.1, 0.15) is 52.4 Å². The number of nitrogens with zero attached hydrogens (tertiary/aromatic N) is 1. The van der Waals surface area contributed by atoms with Gasteiger partial charge in [-0.1, -0.05) is 19.3 Å². The van der Waals surface area contributed by atoms with E-state index in [0.717, 1.165) is 19.4 Å². The van der Waals surface area contributed by atoms with E-state index < -0.39 is 0 Å². The lowest BCUT2D eigenvalue weighted by atomic mass is 9.79. The molecule has 0 spiro atoms. The first-order valence-corrected chi connectivity index (χ1v) is 7.56. The Morgan fingerprint density at radius 1 is 1.26 bits per heavy atom. The molecule has 0 aromatic rings. The molecule has 1 saturated heterocycles. The fraction of sp³-hybridized carbons (Fsp3) is 0.933. The maximum absolute atomic E-state index is 12.7. The fourth-order valence-electron chi connectivity index (χ4n) is 3.45. The number of ether oxygens (including phenoxy) is 1. The van der Waals surface area contributed by atoms with E-state index >= 15 is 0 Å². The fourth-order valence-corrected chi connectivity index (χ4v) is 3.45. The van der Waals surface area contributed by atoms with Gasteiger partial charge in [-0.3, -0.25) is 4.79 Å². The molecule has 2 aliphatic rings. The van der Waals surface area contributed by atoms with Crippen molar-refractivity contribution < 1.29 is 9.53 Å². The minimum atomic E-state index is -0.168. The van der Waals surface area contributed by atoms with Crippen LogP contribution in [0.3, 0.4) is 0 Å². The standard InChI is InChI=1S/C15H28N2O2/c1-14(2)12-19-10-9-17(14)13(18)11-15(16-3)7-5-4-6-8-15/h16H,4-12H2,1-3H3. The van der Waals surface area contributed by atoms with Gasteiger partial charge in [0, 0.05) is 18.5 Å². The van der Waals surface area contributed by atoms with E-state index in [1.807, 2.05) is 11.9 Å². The lowest BCUT2D eigenvalue weighted by molar-refractivity contribution is -0.148. The second kappa shape index (κ2) is 5.80. The van der Waals surface area contributed by atoms with Crippen LogP contribution in [-0.4, -0.2) is 48.7 Å². The topological polar surface area (TPSA) is 41.6 Å². The molecule has 0 aromatic heterocycles. The zero-order chi connectivity index (χ0) is 13.9. The van der Waals surface area contributed by atoms with Crippen molar-refractivity contribution in [1.82, 2.24) is 10.2 Å². The first kappa shape index (κ1) is 14.8. The Morgan fingerprint density at radius 3 is 2.53 bits per heavy atom. The van der Waals surface area contributed by atoms with E-state index in [9.17, 15) is 4.79 Å². The van der Waals surface area contributed by atoms with Gasteiger partial charge in [-0.15, -0.1) is 0 Å². The molecular formula is C15H28N2O2. The average Bonchev–Trinajstić information content (AvgIpc) is 2.39. The summed E-state index contributed by atoms with van der Waals surface area (Å²) in [5.74, 6) is 0.282. The van der Waals surface area contributed by atoms with Gasteiger partial charge in [0.2, 0.25) is 5.91 Å². The first-order chi connectivity index (χ1) is 8.99. The molecule has 4 nitrogen and oxygen atoms in total. The summed E-state index contributed by atoms with van der Waals surface area (Å²) in [5, 5.41) is 3.44. The van der Waals surface area contributed by atoms with Crippen LogP contribution < -0.4 is 5.32 Å². The Labute approximate surface area is 116 Å². The molecule has 0 unspecified atom stereocenters. The van der Waals surface area contributed by atoms with Crippen molar-refractivity contribution in [2.75, 3.05) is 26.8 Å². The van der Waals surface area contributed by atoms with Crippen LogP contribution in [0.25, 0.3) is 0 Å². The van der Waals surface area contributed by atoms with Crippen LogP contribution in [0.4, 0.5) is 0 Å². The van der Waals surface area contributed by atoms with Gasteiger partial charge >= 0.3 is 0 Å². The summed E-state index contributed by atoms with van der Waals surface area (Å²) >= 11 is 0. The molecule has 2 fully saturated rings. The monoisotopic (exact) mass is 268 g/mol. The minimum Gasteiger partial charge on any atom is -0.377 e. The summed E-state index contributed by atoms with van der Waals surface area (Å²) in [4.78, 5) is 14.7. The third-order valence-electron chi connectivity index (χ3n) is 4.78. The van der Waals surface area contributed by atoms with Crippen molar-refractivity contribution in [2.24, 2.45) is 0 Å². The number of morpholine rings is 1. The van der Waals surface area contributed by atoms with Crippen molar-refractivity contribution in [3.63, 3.8) is 0 Å². The number of amides is 1. The second-order valence-corrected chi connectivity index (χ2v) is 6.68. The summed E-state index contributed by atoms with van der Waals surface area (Å²) < 4.78 is 5.50. The summed E-state index contributed by atoms with van der Waals surface area (Å²) in [5.41, 5.74) is -0.136. The van der Waals surface area contributed by atoms with Crippen LogP contribution in [0.2, 0.25) is 0 Å². The van der Waals surface area contributed by atoms with E-state index in [1.54, 1.807) is 0 Å². The number of carbonyl (C=O) groups is 1. The van der Waals surface area contributed by atoms with Crippen molar-refractivity contribution in [2.45, 2.75) is 63.5 Å². The number of nitrogens with one attached hydrogen (secondary N) is 1. The largest absolute Gasteiger partial charge is 0.377 e. The summed E-state index contributed by atoms with van der Waals surface area (Å²) in [7, 11) is 2.00. The Morgan fingerprint density at radius 2 is 1.95 bits per heavy atom. The molecule has 4 heteroatoms. The lowest BCUT2D eigenvalue weighted by Crippen LogP contribution is -2.58. The molecule has 19 heavy (non-hydrogen) atoms. The summed E-state index contributed by atoms with van der Waals surface area (Å²) in [6.07, 6.45) is 6.66. The van der Waals surface area contributed by atoms with Crippen LogP contribution in [0, 0.1) is 0 Å². The molecular weight excluding hydrogens is 240 g/mol. The van der Waals surface area contributed by atoms with Crippen molar-refractivity contribution >= 4 is 5.91 Å². The van der Waals surface area contributed by atoms with E-state index in [1.165, 1.54) is 19.3 Å². The molecule has 2 rings (SSSR count). The molecule has 0 aromatic carbocycles. The van der Waals surface area contributed by atoms with Crippen molar-refractivity contribution in [3.8, 4) is 0 Å². The highest BCUT2D eigenvalue weighted by molar-refractivity contribution is 5.78. The van der Waals surface area contributed by atoms with Crippen LogP contribution in [0.15, 0.2) is 0 Å². The molecule has 1 amide bonds. The molecule has 1 saturated carbocycles. The highest BCUT2D eigenvalue weighted by Gasteiger charge is 2.39. The lowest BCUT2D eigenvalue weighted by Gasteiger charge is -2.45. The van der Waals surface area contributed by atoms with E-state index in [0.29, 0.717) is 19.6 Å². The molecule has 0 atom stereocenters. The number of carbonyl (C=O) groups excluding carboxylic acids is 1. The van der Waals surface area contributed by atoms with Gasteiger partial charge in [-0.05, 0) is 33.7 Å². The molecule has 110 valence electrons. The molecule has 1 aliphatic heterocycles. The molecule has 0 radical (unpaired) electrons. The van der Waals surface area contributed by atoms with E-state index in [4.69, 9.17) is 4.74 Å².